The van der Waals surface area contributed by atoms with Crippen molar-refractivity contribution in [1.29, 1.82) is 0 Å². The molecule has 3 aromatic carbocycles. The highest BCUT2D eigenvalue weighted by atomic mass is 35.5. The molecule has 0 spiro atoms. The Morgan fingerprint density at radius 2 is 1.61 bits per heavy atom. The first-order valence-corrected chi connectivity index (χ1v) is 11.6. The van der Waals surface area contributed by atoms with E-state index in [0.717, 1.165) is 16.5 Å². The molecule has 0 N–H and O–H groups in total. The van der Waals surface area contributed by atoms with Crippen LogP contribution >= 0.6 is 11.6 Å². The van der Waals surface area contributed by atoms with Crippen LogP contribution in [0.3, 0.4) is 0 Å². The number of non-ortho nitro benzene ring substituents is 1. The first-order chi connectivity index (χ1) is 17.2. The van der Waals surface area contributed by atoms with Crippen molar-refractivity contribution in [3.8, 4) is 5.75 Å². The molecule has 0 saturated carbocycles. The number of aryl methyl sites for hydroxylation is 1. The van der Waals surface area contributed by atoms with E-state index in [4.69, 9.17) is 16.3 Å². The normalized spacial score (nSPS) is 18.8. The molecule has 36 heavy (non-hydrogen) atoms. The number of hydrogen-bond acceptors (Lipinski definition) is 6. The zero-order chi connectivity index (χ0) is 25.7. The van der Waals surface area contributed by atoms with Crippen molar-refractivity contribution in [2.24, 2.45) is 0 Å². The van der Waals surface area contributed by atoms with Gasteiger partial charge in [-0.3, -0.25) is 29.4 Å². The summed E-state index contributed by atoms with van der Waals surface area (Å²) in [4.78, 5) is 53.2. The second kappa shape index (κ2) is 8.76. The number of nitro groups is 1. The van der Waals surface area contributed by atoms with E-state index in [2.05, 4.69) is 0 Å². The molecular formula is C26H20ClN3O6. The molecule has 9 nitrogen and oxygen atoms in total. The van der Waals surface area contributed by atoms with Crippen molar-refractivity contribution in [2.45, 2.75) is 25.9 Å². The van der Waals surface area contributed by atoms with Gasteiger partial charge >= 0.3 is 0 Å². The highest BCUT2D eigenvalue weighted by Crippen LogP contribution is 2.46. The smallest absolute Gasteiger partial charge is 0.270 e. The SMILES string of the molecule is CCOc1ccc([C@@H]2[C@@H](N3C(=O)c4ccc([N+](=O)[O-])cc4C3=O)C(=O)N2c2cc(Cl)ccc2C)cc1. The summed E-state index contributed by atoms with van der Waals surface area (Å²) in [6.07, 6.45) is 0. The highest BCUT2D eigenvalue weighted by Gasteiger charge is 2.57. The van der Waals surface area contributed by atoms with E-state index in [1.54, 1.807) is 42.5 Å². The van der Waals surface area contributed by atoms with Crippen LogP contribution < -0.4 is 9.64 Å². The maximum absolute atomic E-state index is 13.6. The number of halogens is 1. The molecule has 2 atom stereocenters. The maximum atomic E-state index is 13.6. The number of carbonyl (C=O) groups excluding carboxylic acids is 3. The topological polar surface area (TPSA) is 110 Å². The number of imide groups is 1. The van der Waals surface area contributed by atoms with Gasteiger partial charge in [-0.1, -0.05) is 29.8 Å². The van der Waals surface area contributed by atoms with Crippen molar-refractivity contribution in [2.75, 3.05) is 11.5 Å². The van der Waals surface area contributed by atoms with E-state index in [0.29, 0.717) is 28.6 Å². The van der Waals surface area contributed by atoms with Crippen molar-refractivity contribution >= 4 is 40.7 Å². The van der Waals surface area contributed by atoms with Crippen LogP contribution in [-0.2, 0) is 4.79 Å². The fourth-order valence-electron chi connectivity index (χ4n) is 4.71. The third kappa shape index (κ3) is 3.59. The van der Waals surface area contributed by atoms with Crippen molar-refractivity contribution in [1.82, 2.24) is 4.90 Å². The molecule has 10 heteroatoms. The third-order valence-electron chi connectivity index (χ3n) is 6.42. The number of rotatable bonds is 6. The average Bonchev–Trinajstić information content (AvgIpc) is 3.10. The Morgan fingerprint density at radius 1 is 0.917 bits per heavy atom. The van der Waals surface area contributed by atoms with Crippen LogP contribution in [0.25, 0.3) is 0 Å². The standard InChI is InChI=1S/C26H20ClN3O6/c1-3-36-18-9-5-15(6-10-18)22-23(26(33)28(22)21-12-16(27)7-4-14(21)2)29-24(31)19-11-8-17(30(34)35)13-20(19)25(29)32/h4-13,22-23H,3H2,1-2H3/t22-,23-/m1/s1. The molecule has 182 valence electrons. The van der Waals surface area contributed by atoms with Gasteiger partial charge in [0, 0.05) is 22.8 Å². The molecule has 0 aliphatic carbocycles. The Hall–Kier alpha value is -4.24. The van der Waals surface area contributed by atoms with Crippen molar-refractivity contribution < 1.29 is 24.0 Å². The predicted octanol–water partition coefficient (Wildman–Crippen LogP) is 4.71. The zero-order valence-electron chi connectivity index (χ0n) is 19.3. The van der Waals surface area contributed by atoms with Gasteiger partial charge in [-0.05, 0) is 55.3 Å². The molecule has 3 amide bonds. The first-order valence-electron chi connectivity index (χ1n) is 11.2. The number of fused-ring (bicyclic) bond motifs is 1. The van der Waals surface area contributed by atoms with Crippen LogP contribution in [0.5, 0.6) is 5.75 Å². The average molecular weight is 506 g/mol. The van der Waals surface area contributed by atoms with Crippen molar-refractivity contribution in [3.05, 3.63) is 98.1 Å². The van der Waals surface area contributed by atoms with Gasteiger partial charge in [0.25, 0.3) is 23.4 Å². The van der Waals surface area contributed by atoms with Gasteiger partial charge in [-0.2, -0.15) is 0 Å². The van der Waals surface area contributed by atoms with Crippen LogP contribution in [0.15, 0.2) is 60.7 Å². The number of nitro benzene ring substituents is 1. The summed E-state index contributed by atoms with van der Waals surface area (Å²) in [5.41, 5.74) is 1.67. The second-order valence-corrected chi connectivity index (χ2v) is 8.93. The minimum atomic E-state index is -1.13. The summed E-state index contributed by atoms with van der Waals surface area (Å²) in [7, 11) is 0. The van der Waals surface area contributed by atoms with Gasteiger partial charge < -0.3 is 9.64 Å². The number of nitrogens with zero attached hydrogens (tertiary/aromatic N) is 3. The number of anilines is 1. The number of carbonyl (C=O) groups is 3. The number of amides is 3. The van der Waals surface area contributed by atoms with Gasteiger partial charge in [0.15, 0.2) is 0 Å². The summed E-state index contributed by atoms with van der Waals surface area (Å²) in [5, 5.41) is 11.6. The molecule has 0 radical (unpaired) electrons. The third-order valence-corrected chi connectivity index (χ3v) is 6.66. The number of β-lactam (4-membered cyclic amide) rings is 1. The Balaban J connectivity index is 1.58. The first kappa shape index (κ1) is 23.5. The fourth-order valence-corrected chi connectivity index (χ4v) is 4.88. The van der Waals surface area contributed by atoms with Crippen LogP contribution in [0.2, 0.25) is 5.02 Å². The molecule has 1 fully saturated rings. The number of benzene rings is 3. The summed E-state index contributed by atoms with van der Waals surface area (Å²) >= 11 is 6.22. The van der Waals surface area contributed by atoms with Crippen LogP contribution in [0.1, 0.15) is 44.8 Å². The minimum absolute atomic E-state index is 0.0289. The molecule has 0 unspecified atom stereocenters. The number of hydrogen-bond donors (Lipinski definition) is 0. The Morgan fingerprint density at radius 3 is 2.28 bits per heavy atom. The van der Waals surface area contributed by atoms with Crippen LogP contribution in [0, 0.1) is 17.0 Å². The molecule has 2 heterocycles. The lowest BCUT2D eigenvalue weighted by Gasteiger charge is -2.50. The van der Waals surface area contributed by atoms with E-state index in [1.807, 2.05) is 13.8 Å². The largest absolute Gasteiger partial charge is 0.494 e. The molecular weight excluding hydrogens is 486 g/mol. The molecule has 2 aliphatic heterocycles. The minimum Gasteiger partial charge on any atom is -0.494 e. The predicted molar refractivity (Wildman–Crippen MR) is 131 cm³/mol. The summed E-state index contributed by atoms with van der Waals surface area (Å²) in [5.74, 6) is -1.22. The number of ether oxygens (including phenoxy) is 1. The van der Waals surface area contributed by atoms with Crippen LogP contribution in [0.4, 0.5) is 11.4 Å². The molecule has 1 saturated heterocycles. The van der Waals surface area contributed by atoms with E-state index < -0.39 is 34.7 Å². The van der Waals surface area contributed by atoms with E-state index >= 15 is 0 Å². The lowest BCUT2D eigenvalue weighted by molar-refractivity contribution is -0.384. The molecule has 5 rings (SSSR count). The molecule has 0 bridgehead atoms. The van der Waals surface area contributed by atoms with Crippen molar-refractivity contribution in [3.63, 3.8) is 0 Å². The fraction of sp³-hybridized carbons (Fsp3) is 0.192. The highest BCUT2D eigenvalue weighted by molar-refractivity contribution is 6.31. The van der Waals surface area contributed by atoms with Crippen LogP contribution in [-0.4, -0.2) is 40.2 Å². The maximum Gasteiger partial charge on any atom is 0.270 e. The second-order valence-electron chi connectivity index (χ2n) is 8.50. The quantitative estimate of drug-likeness (QED) is 0.208. The van der Waals surface area contributed by atoms with Gasteiger partial charge in [0.2, 0.25) is 0 Å². The molecule has 3 aromatic rings. The zero-order valence-corrected chi connectivity index (χ0v) is 20.1. The molecule has 2 aliphatic rings. The molecule has 0 aromatic heterocycles. The van der Waals surface area contributed by atoms with Gasteiger partial charge in [-0.25, -0.2) is 0 Å². The Kier molecular flexibility index (Phi) is 5.72. The van der Waals surface area contributed by atoms with Gasteiger partial charge in [0.05, 0.1) is 28.7 Å². The lowest BCUT2D eigenvalue weighted by Crippen LogP contribution is -2.67. The summed E-state index contributed by atoms with van der Waals surface area (Å²) < 4.78 is 5.52. The van der Waals surface area contributed by atoms with Gasteiger partial charge in [-0.15, -0.1) is 0 Å². The Bertz CT molecular complexity index is 1440. The monoisotopic (exact) mass is 505 g/mol. The van der Waals surface area contributed by atoms with E-state index in [1.165, 1.54) is 17.0 Å². The van der Waals surface area contributed by atoms with Gasteiger partial charge in [0.1, 0.15) is 11.8 Å². The Labute approximate surface area is 211 Å². The summed E-state index contributed by atoms with van der Waals surface area (Å²) in [6, 6.07) is 13.9. The summed E-state index contributed by atoms with van der Waals surface area (Å²) in [6.45, 7) is 4.19. The van der Waals surface area contributed by atoms with E-state index in [9.17, 15) is 24.5 Å². The lowest BCUT2D eigenvalue weighted by atomic mass is 9.85. The van der Waals surface area contributed by atoms with E-state index in [-0.39, 0.29) is 16.8 Å².